The Morgan fingerprint density at radius 3 is 2.59 bits per heavy atom. The van der Waals surface area contributed by atoms with Gasteiger partial charge in [0.15, 0.2) is 0 Å². The Balaban J connectivity index is 1.63. The molecule has 0 unspecified atom stereocenters. The number of halogens is 2. The van der Waals surface area contributed by atoms with E-state index < -0.39 is 0 Å². The van der Waals surface area contributed by atoms with Crippen LogP contribution in [0.25, 0.3) is 28.1 Å². The molecule has 34 heavy (non-hydrogen) atoms. The van der Waals surface area contributed by atoms with Crippen molar-refractivity contribution in [2.45, 2.75) is 25.8 Å². The van der Waals surface area contributed by atoms with Gasteiger partial charge in [0.25, 0.3) is 0 Å². The van der Waals surface area contributed by atoms with Gasteiger partial charge < -0.3 is 9.88 Å². The first-order chi connectivity index (χ1) is 16.5. The van der Waals surface area contributed by atoms with Crippen molar-refractivity contribution < 1.29 is 0 Å². The smallest absolute Gasteiger partial charge is 0.0900 e. The number of nitrogens with one attached hydrogen (secondary N) is 1. The van der Waals surface area contributed by atoms with Gasteiger partial charge in [0.2, 0.25) is 0 Å². The summed E-state index contributed by atoms with van der Waals surface area (Å²) >= 11 is 12.6. The molecule has 0 spiro atoms. The highest BCUT2D eigenvalue weighted by molar-refractivity contribution is 6.42. The van der Waals surface area contributed by atoms with Crippen LogP contribution in [0.15, 0.2) is 77.9 Å². The van der Waals surface area contributed by atoms with Crippen molar-refractivity contribution >= 4 is 45.6 Å². The number of pyridine rings is 1. The van der Waals surface area contributed by atoms with Gasteiger partial charge in [-0.1, -0.05) is 35.3 Å². The molecule has 5 nitrogen and oxygen atoms in total. The zero-order valence-corrected chi connectivity index (χ0v) is 20.0. The van der Waals surface area contributed by atoms with E-state index in [2.05, 4.69) is 33.1 Å². The lowest BCUT2D eigenvalue weighted by Crippen LogP contribution is -2.15. The summed E-state index contributed by atoms with van der Waals surface area (Å²) in [5, 5.41) is 5.44. The van der Waals surface area contributed by atoms with Crippen LogP contribution in [0.1, 0.15) is 18.5 Å². The van der Waals surface area contributed by atoms with Gasteiger partial charge in [-0.15, -0.1) is 0 Å². The van der Waals surface area contributed by atoms with Gasteiger partial charge >= 0.3 is 0 Å². The lowest BCUT2D eigenvalue weighted by molar-refractivity contribution is 0.997. The molecule has 7 heteroatoms. The van der Waals surface area contributed by atoms with E-state index in [1.54, 1.807) is 0 Å². The van der Waals surface area contributed by atoms with Crippen molar-refractivity contribution in [1.29, 1.82) is 0 Å². The van der Waals surface area contributed by atoms with Crippen LogP contribution in [-0.2, 0) is 0 Å². The summed E-state index contributed by atoms with van der Waals surface area (Å²) in [5.41, 5.74) is 7.38. The Bertz CT molecular complexity index is 1570. The Hall–Kier alpha value is -3.41. The summed E-state index contributed by atoms with van der Waals surface area (Å²) in [4.78, 5) is 14.4. The third-order valence-corrected chi connectivity index (χ3v) is 6.66. The van der Waals surface area contributed by atoms with E-state index in [0.29, 0.717) is 16.1 Å². The minimum atomic E-state index is 0.362. The Kier molecular flexibility index (Phi) is 5.24. The fourth-order valence-corrected chi connectivity index (χ4v) is 4.34. The molecule has 0 radical (unpaired) electrons. The normalized spacial score (nSPS) is 14.1. The third-order valence-electron chi connectivity index (χ3n) is 5.92. The molecule has 1 saturated carbocycles. The molecule has 1 N–H and O–H groups in total. The molecule has 2 aromatic carbocycles. The summed E-state index contributed by atoms with van der Waals surface area (Å²) < 4.78 is 2.17. The molecule has 1 fully saturated rings. The van der Waals surface area contributed by atoms with E-state index in [4.69, 9.17) is 33.2 Å². The fraction of sp³-hybridized carbons (Fsp3) is 0.148. The van der Waals surface area contributed by atoms with Crippen LogP contribution in [0.3, 0.4) is 0 Å². The number of benzene rings is 3. The number of nitrogens with zero attached hydrogens (tertiary/aromatic N) is 4. The second kappa shape index (κ2) is 8.42. The Labute approximate surface area is 207 Å². The van der Waals surface area contributed by atoms with E-state index in [1.807, 2.05) is 61.7 Å². The van der Waals surface area contributed by atoms with Crippen molar-refractivity contribution in [1.82, 2.24) is 14.5 Å². The number of fused-ring (bicyclic) bond motifs is 2. The molecular weight excluding hydrogens is 465 g/mol. The Morgan fingerprint density at radius 1 is 0.971 bits per heavy atom. The van der Waals surface area contributed by atoms with Crippen molar-refractivity contribution in [3.05, 3.63) is 94.0 Å². The van der Waals surface area contributed by atoms with Crippen LogP contribution >= 0.6 is 23.2 Å². The summed E-state index contributed by atoms with van der Waals surface area (Å²) in [7, 11) is 0. The zero-order chi connectivity index (χ0) is 23.2. The first-order valence-electron chi connectivity index (χ1n) is 11.2. The number of aryl methyl sites for hydroxylation is 1. The lowest BCUT2D eigenvalue weighted by atomic mass is 10.1. The molecule has 2 aliphatic carbocycles. The number of rotatable bonds is 4. The summed E-state index contributed by atoms with van der Waals surface area (Å²) in [6, 6.07) is 22.3. The van der Waals surface area contributed by atoms with Crippen molar-refractivity contribution in [2.75, 3.05) is 5.32 Å². The standard InChI is InChI=1S/C27H21Cl2N5/c1-16-6-7-18(15-30-16)32-23-13-25-27(14-24(23)31-17-8-9-17)34(19-10-11-20(28)21(29)12-19)26-5-3-2-4-22(26)33-25/h2-7,10-15,17,32H,8-9H2,1H3/b31-24+. The Morgan fingerprint density at radius 2 is 1.82 bits per heavy atom. The van der Waals surface area contributed by atoms with E-state index in [-0.39, 0.29) is 0 Å². The van der Waals surface area contributed by atoms with Gasteiger partial charge in [0.1, 0.15) is 0 Å². The molecule has 3 aromatic rings. The van der Waals surface area contributed by atoms with E-state index in [9.17, 15) is 0 Å². The number of anilines is 2. The molecule has 1 aliphatic heterocycles. The van der Waals surface area contributed by atoms with Crippen LogP contribution < -0.4 is 10.7 Å². The number of aromatic nitrogens is 3. The maximum atomic E-state index is 6.41. The van der Waals surface area contributed by atoms with Gasteiger partial charge in [0, 0.05) is 11.4 Å². The first-order valence-corrected chi connectivity index (χ1v) is 12.0. The molecule has 6 rings (SSSR count). The largest absolute Gasteiger partial charge is 0.352 e. The third kappa shape index (κ3) is 4.02. The number of para-hydroxylation sites is 2. The highest BCUT2D eigenvalue weighted by Gasteiger charge is 2.22. The second-order valence-corrected chi connectivity index (χ2v) is 9.38. The van der Waals surface area contributed by atoms with Gasteiger partial charge in [-0.3, -0.25) is 9.98 Å². The molecule has 0 bridgehead atoms. The molecular formula is C27H21Cl2N5. The van der Waals surface area contributed by atoms with E-state index >= 15 is 0 Å². The van der Waals surface area contributed by atoms with Gasteiger partial charge in [-0.2, -0.15) is 0 Å². The van der Waals surface area contributed by atoms with Crippen LogP contribution in [0.4, 0.5) is 11.4 Å². The second-order valence-electron chi connectivity index (χ2n) is 8.57. The predicted molar refractivity (Wildman–Crippen MR) is 139 cm³/mol. The van der Waals surface area contributed by atoms with Crippen molar-refractivity contribution in [3.63, 3.8) is 0 Å². The van der Waals surface area contributed by atoms with Gasteiger partial charge in [-0.25, -0.2) is 4.98 Å². The van der Waals surface area contributed by atoms with Crippen LogP contribution in [0.2, 0.25) is 10.0 Å². The van der Waals surface area contributed by atoms with E-state index in [1.165, 1.54) is 0 Å². The highest BCUT2D eigenvalue weighted by atomic mass is 35.5. The maximum Gasteiger partial charge on any atom is 0.0900 e. The molecule has 0 atom stereocenters. The van der Waals surface area contributed by atoms with Crippen molar-refractivity contribution in [3.8, 4) is 17.1 Å². The van der Waals surface area contributed by atoms with Gasteiger partial charge in [-0.05, 0) is 74.4 Å². The van der Waals surface area contributed by atoms with Gasteiger partial charge in [0.05, 0.1) is 61.4 Å². The molecule has 168 valence electrons. The maximum absolute atomic E-state index is 6.41. The summed E-state index contributed by atoms with van der Waals surface area (Å²) in [6.07, 6.45) is 4.07. The number of hydrogen-bond donors (Lipinski definition) is 1. The molecule has 0 amide bonds. The average Bonchev–Trinajstić information content (AvgIpc) is 3.65. The first kappa shape index (κ1) is 21.1. The quantitative estimate of drug-likeness (QED) is 0.280. The van der Waals surface area contributed by atoms with E-state index in [0.717, 1.165) is 63.4 Å². The average molecular weight is 486 g/mol. The lowest BCUT2D eigenvalue weighted by Gasteiger charge is -2.20. The number of hydrogen-bond acceptors (Lipinski definition) is 4. The van der Waals surface area contributed by atoms with Crippen LogP contribution in [0, 0.1) is 6.92 Å². The van der Waals surface area contributed by atoms with Crippen LogP contribution in [-0.4, -0.2) is 20.6 Å². The van der Waals surface area contributed by atoms with Crippen LogP contribution in [0.5, 0.6) is 0 Å². The monoisotopic (exact) mass is 485 g/mol. The molecule has 3 aliphatic rings. The SMILES string of the molecule is Cc1ccc(Nc2cc3nc4ccccc4n(-c4ccc(Cl)c(Cl)c4)c-3c/c2=N\C2CC2)cn1. The summed E-state index contributed by atoms with van der Waals surface area (Å²) in [5.74, 6) is 0. The topological polar surface area (TPSA) is 55.1 Å². The minimum absolute atomic E-state index is 0.362. The highest BCUT2D eigenvalue weighted by Crippen LogP contribution is 2.33. The zero-order valence-electron chi connectivity index (χ0n) is 18.5. The molecule has 1 aromatic heterocycles. The summed E-state index contributed by atoms with van der Waals surface area (Å²) in [6.45, 7) is 1.98. The molecule has 2 heterocycles. The minimum Gasteiger partial charge on any atom is -0.352 e. The molecule has 0 saturated heterocycles. The van der Waals surface area contributed by atoms with Crippen molar-refractivity contribution in [2.24, 2.45) is 4.99 Å². The fourth-order valence-electron chi connectivity index (χ4n) is 4.05. The predicted octanol–water partition coefficient (Wildman–Crippen LogP) is 6.95.